The average molecular weight is 115 g/mol. The third kappa shape index (κ3) is 1.13. The Kier molecular flexibility index (Phi) is 1.63. The molecular weight excluding hydrogens is 106 g/mol. The van der Waals surface area contributed by atoms with Crippen molar-refractivity contribution < 1.29 is 0 Å². The fourth-order valence-electron chi connectivity index (χ4n) is 0.671. The Morgan fingerprint density at radius 1 is 1.57 bits per heavy atom. The van der Waals surface area contributed by atoms with E-state index in [-0.39, 0.29) is 0 Å². The van der Waals surface area contributed by atoms with E-state index in [1.165, 1.54) is 19.3 Å². The van der Waals surface area contributed by atoms with Crippen molar-refractivity contribution >= 4 is 17.7 Å². The maximum absolute atomic E-state index is 4.59. The minimum atomic E-state index is 0.720. The number of hydrogen-bond acceptors (Lipinski definition) is 1. The largest absolute Gasteiger partial charge is 0.379 e. The summed E-state index contributed by atoms with van der Waals surface area (Å²) >= 11 is 4.59. The minimum Gasteiger partial charge on any atom is -0.379 e. The Hall–Kier alpha value is -0.110. The summed E-state index contributed by atoms with van der Waals surface area (Å²) in [6.45, 7) is 0. The molecule has 0 radical (unpaired) electrons. The molecule has 0 aromatic rings. The van der Waals surface area contributed by atoms with Crippen LogP contribution < -0.4 is 5.32 Å². The van der Waals surface area contributed by atoms with Crippen molar-refractivity contribution in [3.8, 4) is 0 Å². The highest BCUT2D eigenvalue weighted by molar-refractivity contribution is 7.78. The second-order valence-electron chi connectivity index (χ2n) is 1.91. The molecule has 0 atom stereocenters. The molecule has 1 N–H and O–H groups in total. The van der Waals surface area contributed by atoms with Crippen LogP contribution in [-0.2, 0) is 0 Å². The van der Waals surface area contributed by atoms with Gasteiger partial charge in [-0.1, -0.05) is 12.2 Å². The number of rotatable bonds is 2. The maximum Gasteiger partial charge on any atom is 0.0617 e. The maximum atomic E-state index is 4.59. The smallest absolute Gasteiger partial charge is 0.0617 e. The van der Waals surface area contributed by atoms with Crippen molar-refractivity contribution in [1.29, 1.82) is 0 Å². The fraction of sp³-hybridized carbons (Fsp3) is 0.800. The van der Waals surface area contributed by atoms with Gasteiger partial charge >= 0.3 is 0 Å². The van der Waals surface area contributed by atoms with Gasteiger partial charge in [0.25, 0.3) is 0 Å². The fourth-order valence-corrected chi connectivity index (χ4v) is 0.864. The van der Waals surface area contributed by atoms with Crippen molar-refractivity contribution in [2.45, 2.75) is 25.3 Å². The zero-order valence-electron chi connectivity index (χ0n) is 4.18. The number of nitrogens with one attached hydrogen (secondary N) is 1. The molecule has 0 saturated heterocycles. The molecule has 0 bridgehead atoms. The molecule has 0 aliphatic heterocycles. The minimum absolute atomic E-state index is 0.720. The summed E-state index contributed by atoms with van der Waals surface area (Å²) in [7, 11) is 0. The highest BCUT2D eigenvalue weighted by Crippen LogP contribution is 2.16. The van der Waals surface area contributed by atoms with Gasteiger partial charge in [0, 0.05) is 6.04 Å². The van der Waals surface area contributed by atoms with Gasteiger partial charge in [-0.15, -0.1) is 0 Å². The summed E-state index contributed by atoms with van der Waals surface area (Å²) in [5.74, 6) is 0. The lowest BCUT2D eigenvalue weighted by Gasteiger charge is -2.24. The monoisotopic (exact) mass is 115 g/mol. The van der Waals surface area contributed by atoms with Crippen LogP contribution in [0.15, 0.2) is 0 Å². The van der Waals surface area contributed by atoms with E-state index >= 15 is 0 Å². The highest BCUT2D eigenvalue weighted by atomic mass is 32.1. The van der Waals surface area contributed by atoms with Gasteiger partial charge in [-0.3, -0.25) is 0 Å². The Morgan fingerprint density at radius 2 is 2.29 bits per heavy atom. The molecule has 40 valence electrons. The van der Waals surface area contributed by atoms with E-state index in [9.17, 15) is 0 Å². The van der Waals surface area contributed by atoms with Gasteiger partial charge in [0.1, 0.15) is 0 Å². The first-order chi connectivity index (χ1) is 3.43. The molecule has 1 rings (SSSR count). The normalized spacial score (nSPS) is 20.6. The molecule has 0 amide bonds. The van der Waals surface area contributed by atoms with Crippen LogP contribution in [0.25, 0.3) is 0 Å². The lowest BCUT2D eigenvalue weighted by molar-refractivity contribution is 0.387. The molecule has 0 aromatic carbocycles. The third-order valence-corrected chi connectivity index (χ3v) is 1.54. The molecule has 1 aliphatic carbocycles. The SMILES string of the molecule is S=CNC1CCC1. The molecule has 2 heteroatoms. The summed E-state index contributed by atoms with van der Waals surface area (Å²) in [4.78, 5) is 0. The topological polar surface area (TPSA) is 12.0 Å². The lowest BCUT2D eigenvalue weighted by atomic mass is 9.94. The molecule has 1 fully saturated rings. The molecule has 0 aromatic heterocycles. The van der Waals surface area contributed by atoms with Crippen LogP contribution >= 0.6 is 12.2 Å². The van der Waals surface area contributed by atoms with Gasteiger partial charge in [0.05, 0.1) is 5.49 Å². The van der Waals surface area contributed by atoms with E-state index in [4.69, 9.17) is 0 Å². The van der Waals surface area contributed by atoms with E-state index in [0.29, 0.717) is 0 Å². The van der Waals surface area contributed by atoms with Gasteiger partial charge < -0.3 is 5.32 Å². The van der Waals surface area contributed by atoms with Crippen molar-refractivity contribution in [2.24, 2.45) is 0 Å². The number of hydrogen-bond donors (Lipinski definition) is 1. The van der Waals surface area contributed by atoms with Crippen LogP contribution in [0.1, 0.15) is 19.3 Å². The standard InChI is InChI=1S/C5H9NS/c7-4-6-5-2-1-3-5/h4-5H,1-3H2,(H,6,7). The summed E-state index contributed by atoms with van der Waals surface area (Å²) in [5, 5.41) is 3.07. The lowest BCUT2D eigenvalue weighted by Crippen LogP contribution is -2.33. The van der Waals surface area contributed by atoms with Gasteiger partial charge in [0.2, 0.25) is 0 Å². The van der Waals surface area contributed by atoms with Crippen LogP contribution in [0.4, 0.5) is 0 Å². The van der Waals surface area contributed by atoms with Crippen LogP contribution in [0.5, 0.6) is 0 Å². The molecular formula is C5H9NS. The van der Waals surface area contributed by atoms with Gasteiger partial charge in [-0.25, -0.2) is 0 Å². The van der Waals surface area contributed by atoms with Crippen molar-refractivity contribution in [2.75, 3.05) is 0 Å². The molecule has 0 heterocycles. The molecule has 1 nitrogen and oxygen atoms in total. The molecule has 1 saturated carbocycles. The summed E-state index contributed by atoms with van der Waals surface area (Å²) in [6.07, 6.45) is 4.00. The summed E-state index contributed by atoms with van der Waals surface area (Å²) in [6, 6.07) is 0.720. The number of thiocarbonyl (C=S) groups is 1. The van der Waals surface area contributed by atoms with Crippen molar-refractivity contribution in [3.05, 3.63) is 0 Å². The van der Waals surface area contributed by atoms with E-state index in [0.717, 1.165) is 6.04 Å². The van der Waals surface area contributed by atoms with E-state index in [1.807, 2.05) is 0 Å². The average Bonchev–Trinajstić information content (AvgIpc) is 1.55. The van der Waals surface area contributed by atoms with Crippen LogP contribution in [0.3, 0.4) is 0 Å². The summed E-state index contributed by atoms with van der Waals surface area (Å²) in [5.41, 5.74) is 1.61. The van der Waals surface area contributed by atoms with Crippen LogP contribution in [0.2, 0.25) is 0 Å². The third-order valence-electron chi connectivity index (χ3n) is 1.41. The van der Waals surface area contributed by atoms with E-state index in [1.54, 1.807) is 5.49 Å². The molecule has 0 unspecified atom stereocenters. The second kappa shape index (κ2) is 2.26. The van der Waals surface area contributed by atoms with E-state index < -0.39 is 0 Å². The highest BCUT2D eigenvalue weighted by Gasteiger charge is 2.14. The molecule has 1 aliphatic rings. The predicted molar refractivity (Wildman–Crippen MR) is 34.4 cm³/mol. The Morgan fingerprint density at radius 3 is 2.43 bits per heavy atom. The summed E-state index contributed by atoms with van der Waals surface area (Å²) < 4.78 is 0. The predicted octanol–water partition coefficient (Wildman–Crippen LogP) is 1.09. The first-order valence-corrected chi connectivity index (χ1v) is 3.10. The first-order valence-electron chi connectivity index (χ1n) is 2.63. The van der Waals surface area contributed by atoms with Crippen molar-refractivity contribution in [3.63, 3.8) is 0 Å². The van der Waals surface area contributed by atoms with Crippen LogP contribution in [-0.4, -0.2) is 11.5 Å². The van der Waals surface area contributed by atoms with Crippen LogP contribution in [0, 0.1) is 0 Å². The zero-order valence-corrected chi connectivity index (χ0v) is 5.00. The van der Waals surface area contributed by atoms with E-state index in [2.05, 4.69) is 17.5 Å². The Labute approximate surface area is 49.1 Å². The quantitative estimate of drug-likeness (QED) is 0.540. The molecule has 7 heavy (non-hydrogen) atoms. The van der Waals surface area contributed by atoms with Gasteiger partial charge in [-0.2, -0.15) is 0 Å². The first kappa shape index (κ1) is 5.04. The Balaban J connectivity index is 2.03. The zero-order chi connectivity index (χ0) is 5.11. The second-order valence-corrected chi connectivity index (χ2v) is 2.15. The Bertz CT molecular complexity index is 68.5. The van der Waals surface area contributed by atoms with Gasteiger partial charge in [0.15, 0.2) is 0 Å². The molecule has 0 spiro atoms. The van der Waals surface area contributed by atoms with Gasteiger partial charge in [-0.05, 0) is 19.3 Å². The van der Waals surface area contributed by atoms with Crippen molar-refractivity contribution in [1.82, 2.24) is 5.32 Å².